The molecular weight excluding hydrogens is 170 g/mol. The summed E-state index contributed by atoms with van der Waals surface area (Å²) < 4.78 is 0. The number of rotatable bonds is 3. The van der Waals surface area contributed by atoms with E-state index < -0.39 is 0 Å². The number of fused-ring (bicyclic) bond motifs is 1. The van der Waals surface area contributed by atoms with Gasteiger partial charge >= 0.3 is 0 Å². The van der Waals surface area contributed by atoms with Gasteiger partial charge in [-0.1, -0.05) is 37.6 Å². The molecule has 1 aromatic rings. The van der Waals surface area contributed by atoms with E-state index in [1.54, 1.807) is 0 Å². The molecule has 0 heterocycles. The Balaban J connectivity index is 2.17. The molecule has 1 nitrogen and oxygen atoms in total. The van der Waals surface area contributed by atoms with Crippen LogP contribution in [0, 0.1) is 0 Å². The Kier molecular flexibility index (Phi) is 2.87. The van der Waals surface area contributed by atoms with Crippen LogP contribution < -0.4 is 5.73 Å². The van der Waals surface area contributed by atoms with Gasteiger partial charge in [0, 0.05) is 6.04 Å². The fraction of sp³-hybridized carbons (Fsp3) is 0.538. The highest BCUT2D eigenvalue weighted by Crippen LogP contribution is 2.35. The van der Waals surface area contributed by atoms with Crippen LogP contribution in [0.25, 0.3) is 0 Å². The predicted molar refractivity (Wildman–Crippen MR) is 60.4 cm³/mol. The second-order valence-corrected chi connectivity index (χ2v) is 4.30. The van der Waals surface area contributed by atoms with E-state index in [1.165, 1.54) is 30.4 Å². The smallest absolute Gasteiger partial charge is 0.0108 e. The second-order valence-electron chi connectivity index (χ2n) is 4.30. The average Bonchev–Trinajstić information content (AvgIpc) is 2.61. The molecule has 0 amide bonds. The summed E-state index contributed by atoms with van der Waals surface area (Å²) in [6.45, 7) is 2.21. The molecule has 0 radical (unpaired) electrons. The lowest BCUT2D eigenvalue weighted by Crippen LogP contribution is -2.26. The van der Waals surface area contributed by atoms with Crippen LogP contribution >= 0.6 is 0 Å². The van der Waals surface area contributed by atoms with E-state index in [9.17, 15) is 0 Å². The third-order valence-corrected chi connectivity index (χ3v) is 3.32. The number of hydrogen-bond acceptors (Lipinski definition) is 1. The minimum absolute atomic E-state index is 0.364. The maximum Gasteiger partial charge on any atom is 0.0108 e. The summed E-state index contributed by atoms with van der Waals surface area (Å²) in [5.41, 5.74) is 9.23. The summed E-state index contributed by atoms with van der Waals surface area (Å²) >= 11 is 0. The van der Waals surface area contributed by atoms with Gasteiger partial charge in [-0.25, -0.2) is 0 Å². The van der Waals surface area contributed by atoms with Crippen molar-refractivity contribution in [1.82, 2.24) is 0 Å². The normalized spacial score (nSPS) is 22.0. The first-order chi connectivity index (χ1) is 6.83. The average molecular weight is 189 g/mol. The summed E-state index contributed by atoms with van der Waals surface area (Å²) in [6, 6.07) is 9.13. The molecular formula is C13H19N. The quantitative estimate of drug-likeness (QED) is 0.777. The van der Waals surface area contributed by atoms with Crippen LogP contribution in [0.1, 0.15) is 43.2 Å². The fourth-order valence-corrected chi connectivity index (χ4v) is 2.57. The van der Waals surface area contributed by atoms with Crippen molar-refractivity contribution in [3.63, 3.8) is 0 Å². The fourth-order valence-electron chi connectivity index (χ4n) is 2.57. The van der Waals surface area contributed by atoms with Crippen molar-refractivity contribution in [2.45, 2.75) is 44.6 Å². The minimum Gasteiger partial charge on any atom is -0.327 e. The van der Waals surface area contributed by atoms with Gasteiger partial charge in [-0.05, 0) is 36.3 Å². The Labute approximate surface area is 86.3 Å². The highest BCUT2D eigenvalue weighted by atomic mass is 14.7. The second kappa shape index (κ2) is 4.14. The van der Waals surface area contributed by atoms with Crippen molar-refractivity contribution in [2.24, 2.45) is 5.73 Å². The standard InChI is InChI=1S/C13H19N/c1-2-5-13(14)12-9-8-10-6-3-4-7-11(10)12/h3-4,6-7,12-13H,2,5,8-9,14H2,1H3/t12?,13-/m1/s1. The molecule has 0 saturated carbocycles. The molecule has 2 N–H and O–H groups in total. The molecule has 0 bridgehead atoms. The topological polar surface area (TPSA) is 26.0 Å². The molecule has 1 aliphatic rings. The molecule has 1 aliphatic carbocycles. The van der Waals surface area contributed by atoms with Gasteiger partial charge in [-0.15, -0.1) is 0 Å². The van der Waals surface area contributed by atoms with Gasteiger partial charge in [0.2, 0.25) is 0 Å². The Morgan fingerprint density at radius 1 is 1.43 bits per heavy atom. The van der Waals surface area contributed by atoms with E-state index in [-0.39, 0.29) is 0 Å². The van der Waals surface area contributed by atoms with E-state index in [1.807, 2.05) is 0 Å². The van der Waals surface area contributed by atoms with E-state index in [0.717, 1.165) is 6.42 Å². The first-order valence-electron chi connectivity index (χ1n) is 5.66. The van der Waals surface area contributed by atoms with Crippen LogP contribution in [0.4, 0.5) is 0 Å². The Hall–Kier alpha value is -0.820. The molecule has 2 rings (SSSR count). The van der Waals surface area contributed by atoms with Crippen molar-refractivity contribution in [3.8, 4) is 0 Å². The van der Waals surface area contributed by atoms with Crippen molar-refractivity contribution < 1.29 is 0 Å². The van der Waals surface area contributed by atoms with Crippen molar-refractivity contribution in [1.29, 1.82) is 0 Å². The Bertz CT molecular complexity index is 306. The number of nitrogens with two attached hydrogens (primary N) is 1. The van der Waals surface area contributed by atoms with Crippen LogP contribution in [-0.4, -0.2) is 6.04 Å². The summed E-state index contributed by atoms with van der Waals surface area (Å²) in [4.78, 5) is 0. The zero-order valence-corrected chi connectivity index (χ0v) is 8.87. The van der Waals surface area contributed by atoms with Crippen LogP contribution in [0.15, 0.2) is 24.3 Å². The van der Waals surface area contributed by atoms with Gasteiger partial charge in [0.1, 0.15) is 0 Å². The Morgan fingerprint density at radius 2 is 2.21 bits per heavy atom. The number of aryl methyl sites for hydroxylation is 1. The lowest BCUT2D eigenvalue weighted by molar-refractivity contribution is 0.492. The predicted octanol–water partition coefficient (Wildman–Crippen LogP) is 2.84. The van der Waals surface area contributed by atoms with Crippen LogP contribution in [0.3, 0.4) is 0 Å². The van der Waals surface area contributed by atoms with Crippen molar-refractivity contribution in [2.75, 3.05) is 0 Å². The molecule has 0 aromatic heterocycles. The van der Waals surface area contributed by atoms with Gasteiger partial charge in [0.15, 0.2) is 0 Å². The zero-order chi connectivity index (χ0) is 9.97. The largest absolute Gasteiger partial charge is 0.327 e. The van der Waals surface area contributed by atoms with Crippen LogP contribution in [0.2, 0.25) is 0 Å². The number of benzene rings is 1. The molecule has 0 saturated heterocycles. The molecule has 0 aliphatic heterocycles. The molecule has 76 valence electrons. The van der Waals surface area contributed by atoms with E-state index in [4.69, 9.17) is 5.73 Å². The van der Waals surface area contributed by atoms with Gasteiger partial charge < -0.3 is 5.73 Å². The van der Waals surface area contributed by atoms with Crippen molar-refractivity contribution in [3.05, 3.63) is 35.4 Å². The maximum atomic E-state index is 6.20. The Morgan fingerprint density at radius 3 is 3.00 bits per heavy atom. The highest BCUT2D eigenvalue weighted by molar-refractivity contribution is 5.35. The molecule has 14 heavy (non-hydrogen) atoms. The van der Waals surface area contributed by atoms with Crippen LogP contribution in [-0.2, 0) is 6.42 Å². The number of hydrogen-bond donors (Lipinski definition) is 1. The van der Waals surface area contributed by atoms with E-state index >= 15 is 0 Å². The molecule has 0 spiro atoms. The van der Waals surface area contributed by atoms with Crippen molar-refractivity contribution >= 4 is 0 Å². The molecule has 0 fully saturated rings. The summed E-state index contributed by atoms with van der Waals surface area (Å²) in [6.07, 6.45) is 4.82. The minimum atomic E-state index is 0.364. The van der Waals surface area contributed by atoms with Crippen LogP contribution in [0.5, 0.6) is 0 Å². The van der Waals surface area contributed by atoms with Gasteiger partial charge in [0.05, 0.1) is 0 Å². The third-order valence-electron chi connectivity index (χ3n) is 3.32. The van der Waals surface area contributed by atoms with Gasteiger partial charge in [0.25, 0.3) is 0 Å². The summed E-state index contributed by atoms with van der Waals surface area (Å²) in [5.74, 6) is 0.617. The monoisotopic (exact) mass is 189 g/mol. The first kappa shape index (κ1) is 9.72. The highest BCUT2D eigenvalue weighted by Gasteiger charge is 2.26. The zero-order valence-electron chi connectivity index (χ0n) is 8.87. The van der Waals surface area contributed by atoms with E-state index in [0.29, 0.717) is 12.0 Å². The first-order valence-corrected chi connectivity index (χ1v) is 5.66. The molecule has 1 aromatic carbocycles. The van der Waals surface area contributed by atoms with Gasteiger partial charge in [-0.2, -0.15) is 0 Å². The molecule has 1 unspecified atom stereocenters. The lowest BCUT2D eigenvalue weighted by Gasteiger charge is -2.19. The molecule has 2 atom stereocenters. The van der Waals surface area contributed by atoms with E-state index in [2.05, 4.69) is 31.2 Å². The maximum absolute atomic E-state index is 6.20. The summed E-state index contributed by atoms with van der Waals surface area (Å²) in [7, 11) is 0. The van der Waals surface area contributed by atoms with Gasteiger partial charge in [-0.3, -0.25) is 0 Å². The SMILES string of the molecule is CCC[C@@H](N)C1CCc2ccccc21. The summed E-state index contributed by atoms with van der Waals surface area (Å²) in [5, 5.41) is 0. The molecule has 1 heteroatoms. The third kappa shape index (κ3) is 1.69. The lowest BCUT2D eigenvalue weighted by atomic mass is 9.91.